The maximum atomic E-state index is 12.2. The largest absolute Gasteiger partial charge is 0.464 e. The van der Waals surface area contributed by atoms with E-state index >= 15 is 0 Å². The van der Waals surface area contributed by atoms with E-state index in [1.807, 2.05) is 18.2 Å². The molecule has 0 spiro atoms. The molecule has 1 heterocycles. The lowest BCUT2D eigenvalue weighted by atomic mass is 10.1. The Morgan fingerprint density at radius 3 is 2.54 bits per heavy atom. The van der Waals surface area contributed by atoms with Crippen molar-refractivity contribution in [1.29, 1.82) is 0 Å². The van der Waals surface area contributed by atoms with Gasteiger partial charge in [-0.2, -0.15) is 0 Å². The molecule has 0 saturated carbocycles. The lowest BCUT2D eigenvalue weighted by Crippen LogP contribution is -2.15. The van der Waals surface area contributed by atoms with Crippen molar-refractivity contribution in [1.82, 2.24) is 0 Å². The van der Waals surface area contributed by atoms with Gasteiger partial charge >= 0.3 is 0 Å². The van der Waals surface area contributed by atoms with Gasteiger partial charge in [0.25, 0.3) is 0 Å². The van der Waals surface area contributed by atoms with Gasteiger partial charge in [0.2, 0.25) is 15.9 Å². The van der Waals surface area contributed by atoms with E-state index < -0.39 is 10.0 Å². The van der Waals surface area contributed by atoms with E-state index in [-0.39, 0.29) is 17.2 Å². The Labute approximate surface area is 146 Å². The smallest absolute Gasteiger partial charge is 0.238 e. The molecule has 3 rings (SSSR count). The molecule has 3 aromatic rings. The van der Waals surface area contributed by atoms with Gasteiger partial charge in [0.15, 0.2) is 0 Å². The Morgan fingerprint density at radius 2 is 1.88 bits per heavy atom. The molecule has 0 saturated heterocycles. The number of halogens is 1. The summed E-state index contributed by atoms with van der Waals surface area (Å²) in [6.07, 6.45) is 1.70. The van der Waals surface area contributed by atoms with Crippen LogP contribution in [0.1, 0.15) is 5.56 Å². The number of hydrogen-bond acceptors (Lipinski definition) is 4. The molecule has 0 aliphatic carbocycles. The molecule has 0 bridgehead atoms. The van der Waals surface area contributed by atoms with Gasteiger partial charge in [-0.05, 0) is 42.5 Å². The Morgan fingerprint density at radius 1 is 1.17 bits per heavy atom. The molecule has 8 heteroatoms. The predicted molar refractivity (Wildman–Crippen MR) is 94.1 cm³/mol. The van der Waals surface area contributed by atoms with Crippen LogP contribution in [-0.2, 0) is 21.2 Å². The first-order chi connectivity index (χ1) is 11.3. The fourth-order valence-electron chi connectivity index (χ4n) is 2.30. The standard InChI is InChI=1S/C16H13BrN2O4S/c17-11-1-6-15-14(8-11)10(9-23-15)7-16(20)19-12-2-4-13(5-3-12)24(18,21)22/h1-6,8-9H,7H2,(H,19,20)(H2,18,21,22). The number of sulfonamides is 1. The number of fused-ring (bicyclic) bond motifs is 1. The summed E-state index contributed by atoms with van der Waals surface area (Å²) in [5, 5.41) is 8.61. The van der Waals surface area contributed by atoms with Crippen LogP contribution in [0.15, 0.2) is 62.5 Å². The second-order valence-corrected chi connectivity index (χ2v) is 7.67. The third-order valence-electron chi connectivity index (χ3n) is 3.43. The van der Waals surface area contributed by atoms with Crippen LogP contribution in [0.2, 0.25) is 0 Å². The molecule has 6 nitrogen and oxygen atoms in total. The molecular weight excluding hydrogens is 396 g/mol. The van der Waals surface area contributed by atoms with Crippen molar-refractivity contribution in [3.63, 3.8) is 0 Å². The minimum atomic E-state index is -3.75. The van der Waals surface area contributed by atoms with Crippen molar-refractivity contribution in [2.75, 3.05) is 5.32 Å². The van der Waals surface area contributed by atoms with Gasteiger partial charge in [-0.25, -0.2) is 13.6 Å². The summed E-state index contributed by atoms with van der Waals surface area (Å²) in [7, 11) is -3.75. The molecule has 2 aromatic carbocycles. The molecule has 1 amide bonds. The zero-order chi connectivity index (χ0) is 17.3. The van der Waals surface area contributed by atoms with Crippen LogP contribution in [0.25, 0.3) is 11.0 Å². The highest BCUT2D eigenvalue weighted by Gasteiger charge is 2.12. The highest BCUT2D eigenvalue weighted by molar-refractivity contribution is 9.10. The second kappa shape index (κ2) is 6.39. The summed E-state index contributed by atoms with van der Waals surface area (Å²) in [5.74, 6) is -0.235. The van der Waals surface area contributed by atoms with Gasteiger partial charge < -0.3 is 9.73 Å². The van der Waals surface area contributed by atoms with Gasteiger partial charge in [-0.3, -0.25) is 4.79 Å². The van der Waals surface area contributed by atoms with E-state index in [1.165, 1.54) is 24.3 Å². The third kappa shape index (κ3) is 3.66. The van der Waals surface area contributed by atoms with Gasteiger partial charge in [0.1, 0.15) is 5.58 Å². The van der Waals surface area contributed by atoms with Crippen LogP contribution in [-0.4, -0.2) is 14.3 Å². The number of carbonyl (C=O) groups is 1. The highest BCUT2D eigenvalue weighted by Crippen LogP contribution is 2.25. The number of nitrogens with two attached hydrogens (primary N) is 1. The Hall–Kier alpha value is -2.16. The summed E-state index contributed by atoms with van der Waals surface area (Å²) in [4.78, 5) is 12.2. The van der Waals surface area contributed by atoms with E-state index in [1.54, 1.807) is 6.26 Å². The van der Waals surface area contributed by atoms with Crippen molar-refractivity contribution in [3.8, 4) is 0 Å². The molecule has 1 aromatic heterocycles. The number of anilines is 1. The summed E-state index contributed by atoms with van der Waals surface area (Å²) in [5.41, 5.74) is 1.96. The van der Waals surface area contributed by atoms with Crippen LogP contribution < -0.4 is 10.5 Å². The number of rotatable bonds is 4. The normalized spacial score (nSPS) is 11.6. The maximum Gasteiger partial charge on any atom is 0.238 e. The summed E-state index contributed by atoms with van der Waals surface area (Å²) in [6.45, 7) is 0. The molecule has 0 aliphatic heterocycles. The molecule has 24 heavy (non-hydrogen) atoms. The van der Waals surface area contributed by atoms with Crippen molar-refractivity contribution < 1.29 is 17.6 Å². The van der Waals surface area contributed by atoms with E-state index in [0.29, 0.717) is 11.3 Å². The first-order valence-electron chi connectivity index (χ1n) is 6.91. The van der Waals surface area contributed by atoms with E-state index in [2.05, 4.69) is 21.2 Å². The SMILES string of the molecule is NS(=O)(=O)c1ccc(NC(=O)Cc2coc3ccc(Br)cc23)cc1. The Balaban J connectivity index is 1.74. The van der Waals surface area contributed by atoms with Crippen LogP contribution in [0, 0.1) is 0 Å². The molecule has 3 N–H and O–H groups in total. The highest BCUT2D eigenvalue weighted by atomic mass is 79.9. The van der Waals surface area contributed by atoms with Crippen LogP contribution in [0.3, 0.4) is 0 Å². The minimum absolute atomic E-state index is 0.00817. The first-order valence-corrected chi connectivity index (χ1v) is 9.25. The lowest BCUT2D eigenvalue weighted by molar-refractivity contribution is -0.115. The fraction of sp³-hybridized carbons (Fsp3) is 0.0625. The molecule has 0 fully saturated rings. The Bertz CT molecular complexity index is 1010. The summed E-state index contributed by atoms with van der Waals surface area (Å²) < 4.78 is 28.7. The zero-order valence-corrected chi connectivity index (χ0v) is 14.7. The zero-order valence-electron chi connectivity index (χ0n) is 12.3. The van der Waals surface area contributed by atoms with E-state index in [9.17, 15) is 13.2 Å². The molecular formula is C16H13BrN2O4S. The molecule has 0 aliphatic rings. The van der Waals surface area contributed by atoms with Crippen molar-refractivity contribution >= 4 is 48.5 Å². The molecule has 124 valence electrons. The van der Waals surface area contributed by atoms with Crippen LogP contribution in [0.4, 0.5) is 5.69 Å². The summed E-state index contributed by atoms with van der Waals surface area (Å²) in [6, 6.07) is 11.2. The number of nitrogens with one attached hydrogen (secondary N) is 1. The number of hydrogen-bond donors (Lipinski definition) is 2. The van der Waals surface area contributed by atoms with Crippen molar-refractivity contribution in [2.24, 2.45) is 5.14 Å². The lowest BCUT2D eigenvalue weighted by Gasteiger charge is -2.05. The van der Waals surface area contributed by atoms with Gasteiger partial charge in [-0.15, -0.1) is 0 Å². The predicted octanol–water partition coefficient (Wildman–Crippen LogP) is 3.02. The summed E-state index contributed by atoms with van der Waals surface area (Å²) >= 11 is 3.39. The maximum absolute atomic E-state index is 12.2. The van der Waals surface area contributed by atoms with Crippen LogP contribution >= 0.6 is 15.9 Å². The van der Waals surface area contributed by atoms with Crippen molar-refractivity contribution in [2.45, 2.75) is 11.3 Å². The second-order valence-electron chi connectivity index (χ2n) is 5.20. The monoisotopic (exact) mass is 408 g/mol. The number of amides is 1. The van der Waals surface area contributed by atoms with Crippen LogP contribution in [0.5, 0.6) is 0 Å². The first kappa shape index (κ1) is 16.7. The molecule has 0 unspecified atom stereocenters. The topological polar surface area (TPSA) is 102 Å². The molecule has 0 radical (unpaired) electrons. The average molecular weight is 409 g/mol. The number of furan rings is 1. The van der Waals surface area contributed by atoms with Gasteiger partial charge in [0.05, 0.1) is 17.6 Å². The number of primary sulfonamides is 1. The average Bonchev–Trinajstić information content (AvgIpc) is 2.89. The van der Waals surface area contributed by atoms with E-state index in [0.717, 1.165) is 15.4 Å². The quantitative estimate of drug-likeness (QED) is 0.692. The number of carbonyl (C=O) groups excluding carboxylic acids is 1. The van der Waals surface area contributed by atoms with E-state index in [4.69, 9.17) is 9.56 Å². The third-order valence-corrected chi connectivity index (χ3v) is 4.86. The number of benzene rings is 2. The van der Waals surface area contributed by atoms with Gasteiger partial charge in [0, 0.05) is 21.1 Å². The fourth-order valence-corrected chi connectivity index (χ4v) is 3.17. The van der Waals surface area contributed by atoms with Gasteiger partial charge in [-0.1, -0.05) is 15.9 Å². The Kier molecular flexibility index (Phi) is 4.44. The molecule has 0 atom stereocenters. The minimum Gasteiger partial charge on any atom is -0.464 e. The van der Waals surface area contributed by atoms with Crippen molar-refractivity contribution in [3.05, 3.63) is 58.8 Å².